The SMILES string of the molecule is Cc1ccc(C)c(C(=O)Nc2ccc(C#N)cc2F)c1. The van der Waals surface area contributed by atoms with E-state index in [0.29, 0.717) is 5.56 Å². The number of carbonyl (C=O) groups is 1. The number of aryl methyl sites for hydroxylation is 2. The molecule has 0 spiro atoms. The fourth-order valence-electron chi connectivity index (χ4n) is 1.86. The summed E-state index contributed by atoms with van der Waals surface area (Å²) in [5.74, 6) is -0.988. The molecule has 2 rings (SSSR count). The van der Waals surface area contributed by atoms with Crippen molar-refractivity contribution in [2.45, 2.75) is 13.8 Å². The number of nitrogens with one attached hydrogen (secondary N) is 1. The molecule has 0 aliphatic rings. The second-order valence-electron chi connectivity index (χ2n) is 4.58. The predicted octanol–water partition coefficient (Wildman–Crippen LogP) is 3.57. The minimum atomic E-state index is -0.622. The first-order valence-electron chi connectivity index (χ1n) is 6.09. The van der Waals surface area contributed by atoms with Crippen LogP contribution in [-0.4, -0.2) is 5.91 Å². The van der Waals surface area contributed by atoms with Gasteiger partial charge in [0.1, 0.15) is 5.82 Å². The lowest BCUT2D eigenvalue weighted by Crippen LogP contribution is -2.14. The van der Waals surface area contributed by atoms with Gasteiger partial charge in [-0.15, -0.1) is 0 Å². The fourth-order valence-corrected chi connectivity index (χ4v) is 1.86. The zero-order valence-electron chi connectivity index (χ0n) is 11.2. The highest BCUT2D eigenvalue weighted by atomic mass is 19.1. The standard InChI is InChI=1S/C16H13FN2O/c1-10-3-4-11(2)13(7-10)16(20)19-15-6-5-12(9-18)8-14(15)17/h3-8H,1-2H3,(H,19,20). The number of nitriles is 1. The molecule has 3 nitrogen and oxygen atoms in total. The minimum absolute atomic E-state index is 0.0647. The van der Waals surface area contributed by atoms with Crippen LogP contribution in [0, 0.1) is 31.0 Å². The fraction of sp³-hybridized carbons (Fsp3) is 0.125. The van der Waals surface area contributed by atoms with E-state index in [9.17, 15) is 9.18 Å². The van der Waals surface area contributed by atoms with Gasteiger partial charge in [0, 0.05) is 5.56 Å². The lowest BCUT2D eigenvalue weighted by atomic mass is 10.0. The number of amides is 1. The van der Waals surface area contributed by atoms with Gasteiger partial charge in [0.25, 0.3) is 5.91 Å². The van der Waals surface area contributed by atoms with E-state index < -0.39 is 5.82 Å². The summed E-state index contributed by atoms with van der Waals surface area (Å²) in [4.78, 5) is 12.2. The predicted molar refractivity (Wildman–Crippen MR) is 75.0 cm³/mol. The highest BCUT2D eigenvalue weighted by Gasteiger charge is 2.12. The van der Waals surface area contributed by atoms with E-state index in [1.54, 1.807) is 6.07 Å². The van der Waals surface area contributed by atoms with E-state index in [4.69, 9.17) is 5.26 Å². The first-order chi connectivity index (χ1) is 9.51. The molecular formula is C16H13FN2O. The number of anilines is 1. The number of hydrogen-bond donors (Lipinski definition) is 1. The van der Waals surface area contributed by atoms with Crippen LogP contribution in [-0.2, 0) is 0 Å². The molecule has 0 bridgehead atoms. The van der Waals surface area contributed by atoms with Gasteiger partial charge in [0.2, 0.25) is 0 Å². The van der Waals surface area contributed by atoms with Gasteiger partial charge in [-0.05, 0) is 43.7 Å². The van der Waals surface area contributed by atoms with Gasteiger partial charge in [-0.3, -0.25) is 4.79 Å². The highest BCUT2D eigenvalue weighted by Crippen LogP contribution is 2.18. The Morgan fingerprint density at radius 2 is 1.95 bits per heavy atom. The number of benzene rings is 2. The number of halogens is 1. The van der Waals surface area contributed by atoms with Crippen LogP contribution in [0.5, 0.6) is 0 Å². The van der Waals surface area contributed by atoms with E-state index in [1.165, 1.54) is 12.1 Å². The molecule has 4 heteroatoms. The monoisotopic (exact) mass is 268 g/mol. The molecular weight excluding hydrogens is 255 g/mol. The molecule has 0 saturated carbocycles. The van der Waals surface area contributed by atoms with Gasteiger partial charge in [0.15, 0.2) is 0 Å². The lowest BCUT2D eigenvalue weighted by molar-refractivity contribution is 0.102. The quantitative estimate of drug-likeness (QED) is 0.905. The molecule has 1 N–H and O–H groups in total. The third kappa shape index (κ3) is 2.83. The Hall–Kier alpha value is -2.67. The van der Waals surface area contributed by atoms with Gasteiger partial charge in [-0.1, -0.05) is 17.7 Å². The molecule has 0 unspecified atom stereocenters. The summed E-state index contributed by atoms with van der Waals surface area (Å²) in [5, 5.41) is 11.2. The van der Waals surface area contributed by atoms with Crippen molar-refractivity contribution < 1.29 is 9.18 Å². The minimum Gasteiger partial charge on any atom is -0.319 e. The molecule has 20 heavy (non-hydrogen) atoms. The summed E-state index contributed by atoms with van der Waals surface area (Å²) in [6.45, 7) is 3.71. The van der Waals surface area contributed by atoms with Crippen molar-refractivity contribution in [3.8, 4) is 6.07 Å². The maximum Gasteiger partial charge on any atom is 0.256 e. The van der Waals surface area contributed by atoms with E-state index in [0.717, 1.165) is 17.2 Å². The second kappa shape index (κ2) is 5.54. The number of hydrogen-bond acceptors (Lipinski definition) is 2. The van der Waals surface area contributed by atoms with Crippen LogP contribution in [0.1, 0.15) is 27.0 Å². The molecule has 100 valence electrons. The molecule has 0 aromatic heterocycles. The van der Waals surface area contributed by atoms with Crippen LogP contribution in [0.25, 0.3) is 0 Å². The van der Waals surface area contributed by atoms with Crippen molar-refractivity contribution in [2.75, 3.05) is 5.32 Å². The topological polar surface area (TPSA) is 52.9 Å². The zero-order chi connectivity index (χ0) is 14.7. The van der Waals surface area contributed by atoms with Gasteiger partial charge in [-0.2, -0.15) is 5.26 Å². The maximum absolute atomic E-state index is 13.7. The Bertz CT molecular complexity index is 717. The first kappa shape index (κ1) is 13.8. The van der Waals surface area contributed by atoms with Crippen molar-refractivity contribution in [1.82, 2.24) is 0 Å². The van der Waals surface area contributed by atoms with Crippen LogP contribution < -0.4 is 5.32 Å². The molecule has 0 aliphatic heterocycles. The molecule has 0 radical (unpaired) electrons. The van der Waals surface area contributed by atoms with Crippen LogP contribution in [0.2, 0.25) is 0 Å². The average Bonchev–Trinajstić information content (AvgIpc) is 2.43. The third-order valence-corrected chi connectivity index (χ3v) is 2.98. The number of nitrogens with zero attached hydrogens (tertiary/aromatic N) is 1. The van der Waals surface area contributed by atoms with E-state index in [1.807, 2.05) is 32.0 Å². The van der Waals surface area contributed by atoms with Gasteiger partial charge < -0.3 is 5.32 Å². The lowest BCUT2D eigenvalue weighted by Gasteiger charge is -2.09. The molecule has 0 atom stereocenters. The van der Waals surface area contributed by atoms with Crippen LogP contribution in [0.15, 0.2) is 36.4 Å². The largest absolute Gasteiger partial charge is 0.319 e. The summed E-state index contributed by atoms with van der Waals surface area (Å²) in [5.41, 5.74) is 2.57. The molecule has 0 fully saturated rings. The summed E-state index contributed by atoms with van der Waals surface area (Å²) in [6, 6.07) is 11.3. The molecule has 2 aromatic carbocycles. The van der Waals surface area contributed by atoms with Crippen molar-refractivity contribution in [2.24, 2.45) is 0 Å². The number of rotatable bonds is 2. The van der Waals surface area contributed by atoms with E-state index in [2.05, 4.69) is 5.32 Å². The Labute approximate surface area is 116 Å². The van der Waals surface area contributed by atoms with Crippen LogP contribution in [0.3, 0.4) is 0 Å². The normalized spacial score (nSPS) is 9.90. The molecule has 0 saturated heterocycles. The van der Waals surface area contributed by atoms with Crippen LogP contribution >= 0.6 is 0 Å². The van der Waals surface area contributed by atoms with Crippen molar-refractivity contribution in [3.63, 3.8) is 0 Å². The van der Waals surface area contributed by atoms with E-state index >= 15 is 0 Å². The summed E-state index contributed by atoms with van der Waals surface area (Å²) < 4.78 is 13.7. The average molecular weight is 268 g/mol. The third-order valence-electron chi connectivity index (χ3n) is 2.98. The summed E-state index contributed by atoms with van der Waals surface area (Å²) >= 11 is 0. The van der Waals surface area contributed by atoms with Gasteiger partial charge >= 0.3 is 0 Å². The Morgan fingerprint density at radius 1 is 1.20 bits per heavy atom. The first-order valence-corrected chi connectivity index (χ1v) is 6.09. The molecule has 1 amide bonds. The van der Waals surface area contributed by atoms with Gasteiger partial charge in [0.05, 0.1) is 17.3 Å². The molecule has 0 heterocycles. The number of carbonyl (C=O) groups excluding carboxylic acids is 1. The smallest absolute Gasteiger partial charge is 0.256 e. The van der Waals surface area contributed by atoms with Gasteiger partial charge in [-0.25, -0.2) is 4.39 Å². The Morgan fingerprint density at radius 3 is 2.60 bits per heavy atom. The van der Waals surface area contributed by atoms with E-state index in [-0.39, 0.29) is 17.2 Å². The molecule has 0 aliphatic carbocycles. The summed E-state index contributed by atoms with van der Waals surface area (Å²) in [6.07, 6.45) is 0. The zero-order valence-corrected chi connectivity index (χ0v) is 11.2. The van der Waals surface area contributed by atoms with Crippen LogP contribution in [0.4, 0.5) is 10.1 Å². The van der Waals surface area contributed by atoms with Crippen molar-refractivity contribution in [3.05, 3.63) is 64.5 Å². The highest BCUT2D eigenvalue weighted by molar-refractivity contribution is 6.05. The maximum atomic E-state index is 13.7. The van der Waals surface area contributed by atoms with Crippen molar-refractivity contribution in [1.29, 1.82) is 5.26 Å². The Balaban J connectivity index is 2.28. The van der Waals surface area contributed by atoms with Crippen molar-refractivity contribution >= 4 is 11.6 Å². The summed E-state index contributed by atoms with van der Waals surface area (Å²) in [7, 11) is 0. The molecule has 2 aromatic rings. The Kier molecular flexibility index (Phi) is 3.81. The second-order valence-corrected chi connectivity index (χ2v) is 4.58.